The van der Waals surface area contributed by atoms with Crippen molar-refractivity contribution >= 4 is 34.7 Å². The number of benzene rings is 1. The monoisotopic (exact) mass is 291 g/mol. The molecule has 5 heteroatoms. The summed E-state index contributed by atoms with van der Waals surface area (Å²) in [4.78, 5) is 4.34. The Morgan fingerprint density at radius 1 is 1.21 bits per heavy atom. The molecule has 0 amide bonds. The van der Waals surface area contributed by atoms with Gasteiger partial charge in [0.25, 0.3) is 0 Å². The smallest absolute Gasteiger partial charge is 0.148 e. The number of aryl methyl sites for hydroxylation is 2. The van der Waals surface area contributed by atoms with Crippen LogP contribution in [-0.2, 0) is 0 Å². The molecular formula is C14H11Cl2N3. The van der Waals surface area contributed by atoms with Gasteiger partial charge in [-0.15, -0.1) is 0 Å². The highest BCUT2D eigenvalue weighted by Crippen LogP contribution is 2.29. The molecule has 0 aliphatic heterocycles. The molecule has 2 aromatic rings. The van der Waals surface area contributed by atoms with Crippen molar-refractivity contribution in [3.8, 4) is 6.07 Å². The van der Waals surface area contributed by atoms with Gasteiger partial charge in [-0.2, -0.15) is 5.26 Å². The van der Waals surface area contributed by atoms with Crippen LogP contribution in [0.15, 0.2) is 24.3 Å². The SMILES string of the molecule is Cc1cc(C)c(C#N)c(Nc2cc(Cl)ccc2Cl)n1. The normalized spacial score (nSPS) is 10.1. The minimum atomic E-state index is 0.490. The summed E-state index contributed by atoms with van der Waals surface area (Å²) in [5.74, 6) is 0.490. The summed E-state index contributed by atoms with van der Waals surface area (Å²) < 4.78 is 0. The zero-order valence-electron chi connectivity index (χ0n) is 10.5. The van der Waals surface area contributed by atoms with Gasteiger partial charge in [-0.3, -0.25) is 0 Å². The summed E-state index contributed by atoms with van der Waals surface area (Å²) >= 11 is 12.0. The van der Waals surface area contributed by atoms with Crippen LogP contribution < -0.4 is 5.32 Å². The first-order valence-electron chi connectivity index (χ1n) is 5.61. The lowest BCUT2D eigenvalue weighted by atomic mass is 10.1. The predicted molar refractivity (Wildman–Crippen MR) is 78.2 cm³/mol. The maximum atomic E-state index is 9.20. The van der Waals surface area contributed by atoms with Gasteiger partial charge >= 0.3 is 0 Å². The fraction of sp³-hybridized carbons (Fsp3) is 0.143. The molecule has 0 saturated carbocycles. The van der Waals surface area contributed by atoms with Crippen LogP contribution in [-0.4, -0.2) is 4.98 Å². The molecule has 0 atom stereocenters. The van der Waals surface area contributed by atoms with E-state index in [2.05, 4.69) is 16.4 Å². The van der Waals surface area contributed by atoms with Crippen molar-refractivity contribution in [2.75, 3.05) is 5.32 Å². The Bertz CT molecular complexity index is 675. The van der Waals surface area contributed by atoms with Crippen LogP contribution in [0.2, 0.25) is 10.0 Å². The van der Waals surface area contributed by atoms with Crippen molar-refractivity contribution < 1.29 is 0 Å². The van der Waals surface area contributed by atoms with Gasteiger partial charge in [0, 0.05) is 10.7 Å². The van der Waals surface area contributed by atoms with Crippen molar-refractivity contribution in [1.29, 1.82) is 5.26 Å². The van der Waals surface area contributed by atoms with Crippen LogP contribution in [0.5, 0.6) is 0 Å². The number of hydrogen-bond acceptors (Lipinski definition) is 3. The highest BCUT2D eigenvalue weighted by Gasteiger charge is 2.10. The minimum Gasteiger partial charge on any atom is -0.338 e. The van der Waals surface area contributed by atoms with Crippen LogP contribution >= 0.6 is 23.2 Å². The molecule has 1 aromatic heterocycles. The second kappa shape index (κ2) is 5.48. The molecule has 0 unspecified atom stereocenters. The van der Waals surface area contributed by atoms with Gasteiger partial charge in [0.1, 0.15) is 11.9 Å². The zero-order valence-corrected chi connectivity index (χ0v) is 12.0. The number of hydrogen-bond donors (Lipinski definition) is 1. The molecule has 0 aliphatic rings. The summed E-state index contributed by atoms with van der Waals surface area (Å²) in [6.07, 6.45) is 0. The summed E-state index contributed by atoms with van der Waals surface area (Å²) in [7, 11) is 0. The number of nitriles is 1. The van der Waals surface area contributed by atoms with Crippen LogP contribution in [0, 0.1) is 25.2 Å². The van der Waals surface area contributed by atoms with E-state index in [1.807, 2.05) is 19.9 Å². The fourth-order valence-corrected chi connectivity index (χ4v) is 2.13. The van der Waals surface area contributed by atoms with Crippen molar-refractivity contribution in [3.05, 3.63) is 51.1 Å². The van der Waals surface area contributed by atoms with Gasteiger partial charge in [0.2, 0.25) is 0 Å². The number of pyridine rings is 1. The second-order valence-electron chi connectivity index (χ2n) is 4.17. The highest BCUT2D eigenvalue weighted by molar-refractivity contribution is 6.35. The van der Waals surface area contributed by atoms with E-state index in [1.54, 1.807) is 18.2 Å². The molecule has 1 aromatic carbocycles. The van der Waals surface area contributed by atoms with Gasteiger partial charge in [0.15, 0.2) is 0 Å². The molecule has 0 fully saturated rings. The molecule has 0 saturated heterocycles. The summed E-state index contributed by atoms with van der Waals surface area (Å²) in [5.41, 5.74) is 2.83. The summed E-state index contributed by atoms with van der Waals surface area (Å²) in [6.45, 7) is 3.75. The Hall–Kier alpha value is -1.76. The first kappa shape index (κ1) is 13.7. The van der Waals surface area contributed by atoms with E-state index in [9.17, 15) is 5.26 Å². The highest BCUT2D eigenvalue weighted by atomic mass is 35.5. The van der Waals surface area contributed by atoms with Crippen LogP contribution in [0.1, 0.15) is 16.8 Å². The molecule has 0 radical (unpaired) electrons. The molecule has 0 aliphatic carbocycles. The molecule has 1 N–H and O–H groups in total. The lowest BCUT2D eigenvalue weighted by molar-refractivity contribution is 1.16. The zero-order chi connectivity index (χ0) is 14.0. The van der Waals surface area contributed by atoms with Crippen LogP contribution in [0.25, 0.3) is 0 Å². The Morgan fingerprint density at radius 3 is 2.63 bits per heavy atom. The maximum absolute atomic E-state index is 9.20. The van der Waals surface area contributed by atoms with Gasteiger partial charge in [-0.25, -0.2) is 4.98 Å². The second-order valence-corrected chi connectivity index (χ2v) is 5.01. The van der Waals surface area contributed by atoms with Crippen LogP contribution in [0.3, 0.4) is 0 Å². The Kier molecular flexibility index (Phi) is 3.94. The fourth-order valence-electron chi connectivity index (χ4n) is 1.79. The van der Waals surface area contributed by atoms with Gasteiger partial charge in [-0.05, 0) is 43.7 Å². The van der Waals surface area contributed by atoms with Crippen molar-refractivity contribution in [2.24, 2.45) is 0 Å². The first-order chi connectivity index (χ1) is 9.01. The standard InChI is InChI=1S/C14H11Cl2N3/c1-8-5-9(2)18-14(11(8)7-17)19-13-6-10(15)3-4-12(13)16/h3-6H,1-2H3,(H,18,19). The molecule has 0 spiro atoms. The van der Waals surface area contributed by atoms with E-state index in [0.29, 0.717) is 27.1 Å². The van der Waals surface area contributed by atoms with Crippen molar-refractivity contribution in [1.82, 2.24) is 4.98 Å². The molecule has 19 heavy (non-hydrogen) atoms. The molecular weight excluding hydrogens is 281 g/mol. The van der Waals surface area contributed by atoms with E-state index in [1.165, 1.54) is 0 Å². The Labute approximate surface area is 121 Å². The van der Waals surface area contributed by atoms with Gasteiger partial charge in [0.05, 0.1) is 16.3 Å². The number of anilines is 2. The quantitative estimate of drug-likeness (QED) is 0.878. The van der Waals surface area contributed by atoms with E-state index in [4.69, 9.17) is 23.2 Å². The molecule has 3 nitrogen and oxygen atoms in total. The van der Waals surface area contributed by atoms with Crippen LogP contribution in [0.4, 0.5) is 11.5 Å². The third kappa shape index (κ3) is 2.98. The molecule has 1 heterocycles. The average Bonchev–Trinajstić information content (AvgIpc) is 2.33. The van der Waals surface area contributed by atoms with Gasteiger partial charge in [-0.1, -0.05) is 23.2 Å². The van der Waals surface area contributed by atoms with E-state index in [-0.39, 0.29) is 0 Å². The Balaban J connectivity index is 2.49. The lowest BCUT2D eigenvalue weighted by Gasteiger charge is -2.11. The number of halogens is 2. The molecule has 2 rings (SSSR count). The summed E-state index contributed by atoms with van der Waals surface area (Å²) in [5, 5.41) is 13.4. The number of rotatable bonds is 2. The third-order valence-corrected chi connectivity index (χ3v) is 3.20. The predicted octanol–water partition coefficient (Wildman–Crippen LogP) is 4.62. The largest absolute Gasteiger partial charge is 0.338 e. The van der Waals surface area contributed by atoms with Crippen molar-refractivity contribution in [2.45, 2.75) is 13.8 Å². The lowest BCUT2D eigenvalue weighted by Crippen LogP contribution is -2.01. The van der Waals surface area contributed by atoms with E-state index < -0.39 is 0 Å². The molecule has 0 bridgehead atoms. The van der Waals surface area contributed by atoms with E-state index in [0.717, 1.165) is 11.3 Å². The average molecular weight is 292 g/mol. The number of aromatic nitrogens is 1. The minimum absolute atomic E-state index is 0.490. The maximum Gasteiger partial charge on any atom is 0.148 e. The number of nitrogens with zero attached hydrogens (tertiary/aromatic N) is 2. The summed E-state index contributed by atoms with van der Waals surface area (Å²) in [6, 6.07) is 9.11. The molecule has 96 valence electrons. The first-order valence-corrected chi connectivity index (χ1v) is 6.37. The van der Waals surface area contributed by atoms with Gasteiger partial charge < -0.3 is 5.32 Å². The third-order valence-electron chi connectivity index (χ3n) is 2.64. The topological polar surface area (TPSA) is 48.7 Å². The van der Waals surface area contributed by atoms with Crippen molar-refractivity contribution in [3.63, 3.8) is 0 Å². The van der Waals surface area contributed by atoms with E-state index >= 15 is 0 Å². The Morgan fingerprint density at radius 2 is 1.95 bits per heavy atom. The number of nitrogens with one attached hydrogen (secondary N) is 1.